The number of hydrogen-bond donors (Lipinski definition) is 1. The van der Waals surface area contributed by atoms with Gasteiger partial charge in [-0.15, -0.1) is 0 Å². The summed E-state index contributed by atoms with van der Waals surface area (Å²) in [4.78, 5) is 12.4. The summed E-state index contributed by atoms with van der Waals surface area (Å²) in [7, 11) is 0. The predicted octanol–water partition coefficient (Wildman–Crippen LogP) is 3.72. The molecule has 0 unspecified atom stereocenters. The minimum Gasteiger partial charge on any atom is -0.352 e. The first-order valence-electron chi connectivity index (χ1n) is 9.25. The SMILES string of the molecule is C[C@@H](NC(=O)Cn1nc(C(F)(F)F)cc1C1CC1)[C@H]1C[C@@H]2CC[C@@H]1C2. The van der Waals surface area contributed by atoms with Gasteiger partial charge >= 0.3 is 6.18 Å². The van der Waals surface area contributed by atoms with Gasteiger partial charge in [-0.25, -0.2) is 0 Å². The second-order valence-electron chi connectivity index (χ2n) is 8.08. The average Bonchev–Trinajstić information content (AvgIpc) is 2.96. The monoisotopic (exact) mass is 355 g/mol. The van der Waals surface area contributed by atoms with Crippen LogP contribution < -0.4 is 5.32 Å². The summed E-state index contributed by atoms with van der Waals surface area (Å²) in [6.45, 7) is 1.89. The maximum atomic E-state index is 12.9. The lowest BCUT2D eigenvalue weighted by Crippen LogP contribution is -2.41. The number of hydrogen-bond acceptors (Lipinski definition) is 2. The minimum absolute atomic E-state index is 0.0739. The Bertz CT molecular complexity index is 665. The molecule has 4 rings (SSSR count). The molecule has 138 valence electrons. The zero-order valence-electron chi connectivity index (χ0n) is 14.4. The van der Waals surface area contributed by atoms with Gasteiger partial charge in [-0.05, 0) is 62.8 Å². The number of alkyl halides is 3. The zero-order valence-corrected chi connectivity index (χ0v) is 14.4. The van der Waals surface area contributed by atoms with Crippen LogP contribution >= 0.6 is 0 Å². The van der Waals surface area contributed by atoms with Crippen molar-refractivity contribution in [2.24, 2.45) is 17.8 Å². The number of amides is 1. The molecule has 0 radical (unpaired) electrons. The number of halogens is 3. The van der Waals surface area contributed by atoms with E-state index in [-0.39, 0.29) is 24.4 Å². The van der Waals surface area contributed by atoms with Crippen molar-refractivity contribution in [1.29, 1.82) is 0 Å². The van der Waals surface area contributed by atoms with Gasteiger partial charge in [0, 0.05) is 17.7 Å². The van der Waals surface area contributed by atoms with Gasteiger partial charge in [-0.1, -0.05) is 6.42 Å². The van der Waals surface area contributed by atoms with E-state index in [1.807, 2.05) is 6.92 Å². The van der Waals surface area contributed by atoms with Crippen LogP contribution in [0.25, 0.3) is 0 Å². The van der Waals surface area contributed by atoms with E-state index in [2.05, 4.69) is 10.4 Å². The molecule has 2 bridgehead atoms. The van der Waals surface area contributed by atoms with Crippen molar-refractivity contribution in [2.45, 2.75) is 70.1 Å². The Hall–Kier alpha value is -1.53. The average molecular weight is 355 g/mol. The molecule has 3 aliphatic rings. The Morgan fingerprint density at radius 3 is 2.64 bits per heavy atom. The molecule has 4 atom stereocenters. The summed E-state index contributed by atoms with van der Waals surface area (Å²) >= 11 is 0. The highest BCUT2D eigenvalue weighted by molar-refractivity contribution is 5.76. The lowest BCUT2D eigenvalue weighted by Gasteiger charge is -2.28. The molecule has 3 fully saturated rings. The summed E-state index contributed by atoms with van der Waals surface area (Å²) in [6, 6.07) is 1.18. The highest BCUT2D eigenvalue weighted by atomic mass is 19.4. The number of nitrogens with one attached hydrogen (secondary N) is 1. The third kappa shape index (κ3) is 3.42. The van der Waals surface area contributed by atoms with Crippen LogP contribution in [0.15, 0.2) is 6.07 Å². The molecule has 7 heteroatoms. The van der Waals surface area contributed by atoms with Gasteiger partial charge < -0.3 is 5.32 Å². The van der Waals surface area contributed by atoms with E-state index < -0.39 is 11.9 Å². The molecule has 0 aromatic carbocycles. The quantitative estimate of drug-likeness (QED) is 0.875. The first-order chi connectivity index (χ1) is 11.8. The van der Waals surface area contributed by atoms with Crippen LogP contribution in [0.1, 0.15) is 62.8 Å². The zero-order chi connectivity index (χ0) is 17.8. The van der Waals surface area contributed by atoms with Gasteiger partial charge in [-0.3, -0.25) is 9.48 Å². The summed E-state index contributed by atoms with van der Waals surface area (Å²) in [5, 5.41) is 6.67. The smallest absolute Gasteiger partial charge is 0.352 e. The van der Waals surface area contributed by atoms with Crippen LogP contribution in [0.4, 0.5) is 13.2 Å². The van der Waals surface area contributed by atoms with Gasteiger partial charge in [0.1, 0.15) is 6.54 Å². The van der Waals surface area contributed by atoms with Crippen LogP contribution in [0.2, 0.25) is 0 Å². The number of carbonyl (C=O) groups is 1. The topological polar surface area (TPSA) is 46.9 Å². The molecule has 1 amide bonds. The highest BCUT2D eigenvalue weighted by Gasteiger charge is 2.42. The summed E-state index contributed by atoms with van der Waals surface area (Å²) in [5.74, 6) is 1.88. The lowest BCUT2D eigenvalue weighted by atomic mass is 9.84. The highest BCUT2D eigenvalue weighted by Crippen LogP contribution is 2.49. The maximum absolute atomic E-state index is 12.9. The summed E-state index contributed by atoms with van der Waals surface area (Å²) in [6.07, 6.45) is 2.25. The molecule has 3 aliphatic carbocycles. The van der Waals surface area contributed by atoms with Crippen molar-refractivity contribution in [3.05, 3.63) is 17.5 Å². The van der Waals surface area contributed by atoms with Crippen molar-refractivity contribution >= 4 is 5.91 Å². The Kier molecular flexibility index (Phi) is 4.07. The van der Waals surface area contributed by atoms with Gasteiger partial charge in [0.25, 0.3) is 0 Å². The van der Waals surface area contributed by atoms with Crippen molar-refractivity contribution in [1.82, 2.24) is 15.1 Å². The van der Waals surface area contributed by atoms with E-state index >= 15 is 0 Å². The molecule has 3 saturated carbocycles. The Morgan fingerprint density at radius 2 is 2.08 bits per heavy atom. The normalized spacial score (nSPS) is 29.8. The molecule has 25 heavy (non-hydrogen) atoms. The van der Waals surface area contributed by atoms with Crippen molar-refractivity contribution in [3.63, 3.8) is 0 Å². The van der Waals surface area contributed by atoms with Crippen LogP contribution in [-0.2, 0) is 17.5 Å². The molecule has 4 nitrogen and oxygen atoms in total. The van der Waals surface area contributed by atoms with E-state index in [1.165, 1.54) is 30.4 Å². The van der Waals surface area contributed by atoms with Crippen molar-refractivity contribution in [3.8, 4) is 0 Å². The van der Waals surface area contributed by atoms with Crippen LogP contribution in [-0.4, -0.2) is 21.7 Å². The van der Waals surface area contributed by atoms with Gasteiger partial charge in [-0.2, -0.15) is 18.3 Å². The maximum Gasteiger partial charge on any atom is 0.435 e. The standard InChI is InChI=1S/C18H24F3N3O/c1-10(14-7-11-2-3-13(14)6-11)22-17(25)9-24-15(12-4-5-12)8-16(23-24)18(19,20)21/h8,10-14H,2-7,9H2,1H3,(H,22,25)/t10-,11-,13-,14-/m1/s1. The van der Waals surface area contributed by atoms with E-state index in [1.54, 1.807) is 0 Å². The number of rotatable bonds is 5. The van der Waals surface area contributed by atoms with Crippen LogP contribution in [0.5, 0.6) is 0 Å². The van der Waals surface area contributed by atoms with Gasteiger partial charge in [0.15, 0.2) is 5.69 Å². The molecular formula is C18H24F3N3O. The van der Waals surface area contributed by atoms with E-state index in [0.29, 0.717) is 17.5 Å². The second kappa shape index (κ2) is 6.02. The van der Waals surface area contributed by atoms with E-state index in [0.717, 1.165) is 24.8 Å². The Balaban J connectivity index is 1.41. The summed E-state index contributed by atoms with van der Waals surface area (Å²) in [5.41, 5.74) is -0.363. The molecule has 0 aliphatic heterocycles. The molecular weight excluding hydrogens is 331 g/mol. The number of fused-ring (bicyclic) bond motifs is 2. The molecule has 1 heterocycles. The fourth-order valence-electron chi connectivity index (χ4n) is 4.85. The summed E-state index contributed by atoms with van der Waals surface area (Å²) < 4.78 is 40.0. The molecule has 1 aromatic rings. The van der Waals surface area contributed by atoms with Crippen LogP contribution in [0, 0.1) is 17.8 Å². The minimum atomic E-state index is -4.47. The molecule has 0 saturated heterocycles. The van der Waals surface area contributed by atoms with Crippen molar-refractivity contribution in [2.75, 3.05) is 0 Å². The van der Waals surface area contributed by atoms with Crippen LogP contribution in [0.3, 0.4) is 0 Å². The fourth-order valence-corrected chi connectivity index (χ4v) is 4.85. The third-order valence-electron chi connectivity index (χ3n) is 6.21. The molecule has 1 aromatic heterocycles. The second-order valence-corrected chi connectivity index (χ2v) is 8.08. The Labute approximate surface area is 145 Å². The van der Waals surface area contributed by atoms with Crippen molar-refractivity contribution < 1.29 is 18.0 Å². The number of aromatic nitrogens is 2. The van der Waals surface area contributed by atoms with E-state index in [4.69, 9.17) is 0 Å². The Morgan fingerprint density at radius 1 is 1.32 bits per heavy atom. The fraction of sp³-hybridized carbons (Fsp3) is 0.778. The first-order valence-corrected chi connectivity index (χ1v) is 9.25. The van der Waals surface area contributed by atoms with Gasteiger partial charge in [0.05, 0.1) is 0 Å². The first kappa shape index (κ1) is 16.9. The number of carbonyl (C=O) groups excluding carboxylic acids is 1. The number of nitrogens with zero attached hydrogens (tertiary/aromatic N) is 2. The van der Waals surface area contributed by atoms with Gasteiger partial charge in [0.2, 0.25) is 5.91 Å². The van der Waals surface area contributed by atoms with E-state index in [9.17, 15) is 18.0 Å². The predicted molar refractivity (Wildman–Crippen MR) is 85.7 cm³/mol. The lowest BCUT2D eigenvalue weighted by molar-refractivity contribution is -0.141. The molecule has 1 N–H and O–H groups in total. The third-order valence-corrected chi connectivity index (χ3v) is 6.21. The largest absolute Gasteiger partial charge is 0.435 e. The molecule has 0 spiro atoms.